The molecular formula is C25H37N5O2. The Morgan fingerprint density at radius 2 is 1.62 bits per heavy atom. The first-order valence-electron chi connectivity index (χ1n) is 13.0. The van der Waals surface area contributed by atoms with Gasteiger partial charge in [0.15, 0.2) is 5.69 Å². The fourth-order valence-electron chi connectivity index (χ4n) is 7.02. The number of likely N-dealkylation sites (tertiary alicyclic amines) is 1. The second kappa shape index (κ2) is 8.15. The van der Waals surface area contributed by atoms with Gasteiger partial charge < -0.3 is 9.80 Å². The molecule has 0 bridgehead atoms. The lowest BCUT2D eigenvalue weighted by Gasteiger charge is -2.41. The predicted molar refractivity (Wildman–Crippen MR) is 121 cm³/mol. The molecule has 1 atom stereocenters. The van der Waals surface area contributed by atoms with Gasteiger partial charge in [0, 0.05) is 62.5 Å². The van der Waals surface area contributed by atoms with Crippen LogP contribution in [0.2, 0.25) is 0 Å². The highest BCUT2D eigenvalue weighted by molar-refractivity contribution is 5.94. The maximum absolute atomic E-state index is 13.3. The lowest BCUT2D eigenvalue weighted by molar-refractivity contribution is -0.136. The SMILES string of the molecule is O=C(c1n[nH]c2c1CCC2)N1CCC2(CC1)CC2C(=O)N1CCN(C2CCCCC2)CC1. The fraction of sp³-hybridized carbons (Fsp3) is 0.800. The van der Waals surface area contributed by atoms with E-state index in [0.29, 0.717) is 11.6 Å². The van der Waals surface area contributed by atoms with Gasteiger partial charge in [-0.25, -0.2) is 0 Å². The molecule has 5 aliphatic rings. The van der Waals surface area contributed by atoms with E-state index in [1.54, 1.807) is 0 Å². The normalized spacial score (nSPS) is 28.2. The predicted octanol–water partition coefficient (Wildman–Crippen LogP) is 2.62. The number of hydrogen-bond acceptors (Lipinski definition) is 4. The van der Waals surface area contributed by atoms with Crippen molar-refractivity contribution < 1.29 is 9.59 Å². The Balaban J connectivity index is 1.00. The molecule has 2 aliphatic heterocycles. The second-order valence-electron chi connectivity index (χ2n) is 10.9. The van der Waals surface area contributed by atoms with Crippen molar-refractivity contribution in [3.8, 4) is 0 Å². The quantitative estimate of drug-likeness (QED) is 0.786. The van der Waals surface area contributed by atoms with E-state index in [9.17, 15) is 9.59 Å². The standard InChI is InChI=1S/C25H37N5O2/c31-23(30-15-13-28(14-16-30)18-5-2-1-3-6-18)20-17-25(20)9-11-29(12-10-25)24(32)22-19-7-4-8-21(19)26-27-22/h18,20H,1-17H2,(H,26,27). The fourth-order valence-corrected chi connectivity index (χ4v) is 7.02. The number of carbonyl (C=O) groups is 2. The number of piperazine rings is 1. The molecular weight excluding hydrogens is 402 g/mol. The highest BCUT2D eigenvalue weighted by atomic mass is 16.2. The first-order chi connectivity index (χ1) is 15.6. The molecule has 32 heavy (non-hydrogen) atoms. The summed E-state index contributed by atoms with van der Waals surface area (Å²) in [7, 11) is 0. The van der Waals surface area contributed by atoms with Crippen molar-refractivity contribution in [1.29, 1.82) is 0 Å². The Bertz CT molecular complexity index is 873. The van der Waals surface area contributed by atoms with E-state index in [0.717, 1.165) is 95.1 Å². The maximum atomic E-state index is 13.3. The van der Waals surface area contributed by atoms with E-state index in [-0.39, 0.29) is 17.2 Å². The second-order valence-corrected chi connectivity index (χ2v) is 10.9. The largest absolute Gasteiger partial charge is 0.340 e. The van der Waals surface area contributed by atoms with Crippen LogP contribution in [0.5, 0.6) is 0 Å². The van der Waals surface area contributed by atoms with Crippen molar-refractivity contribution in [2.24, 2.45) is 11.3 Å². The minimum Gasteiger partial charge on any atom is -0.340 e. The molecule has 7 nitrogen and oxygen atoms in total. The molecule has 2 saturated heterocycles. The number of aromatic amines is 1. The van der Waals surface area contributed by atoms with Gasteiger partial charge in [-0.3, -0.25) is 19.6 Å². The molecule has 1 spiro atoms. The summed E-state index contributed by atoms with van der Waals surface area (Å²) in [6, 6.07) is 0.755. The Morgan fingerprint density at radius 1 is 0.875 bits per heavy atom. The maximum Gasteiger partial charge on any atom is 0.274 e. The van der Waals surface area contributed by atoms with Crippen LogP contribution in [-0.2, 0) is 17.6 Å². The highest BCUT2D eigenvalue weighted by Crippen LogP contribution is 2.60. The summed E-state index contributed by atoms with van der Waals surface area (Å²) in [5.41, 5.74) is 3.09. The number of nitrogens with zero attached hydrogens (tertiary/aromatic N) is 4. The summed E-state index contributed by atoms with van der Waals surface area (Å²) in [4.78, 5) is 33.1. The Hall–Kier alpha value is -1.89. The first kappa shape index (κ1) is 20.7. The number of H-pyrrole nitrogens is 1. The molecule has 1 aromatic heterocycles. The van der Waals surface area contributed by atoms with E-state index in [2.05, 4.69) is 20.0 Å². The zero-order valence-electron chi connectivity index (χ0n) is 19.3. The van der Waals surface area contributed by atoms with Crippen LogP contribution in [-0.4, -0.2) is 82.0 Å². The summed E-state index contributed by atoms with van der Waals surface area (Å²) in [6.45, 7) is 5.42. The molecule has 3 heterocycles. The smallest absolute Gasteiger partial charge is 0.274 e. The van der Waals surface area contributed by atoms with E-state index in [1.807, 2.05) is 4.90 Å². The van der Waals surface area contributed by atoms with Crippen molar-refractivity contribution in [2.45, 2.75) is 76.7 Å². The van der Waals surface area contributed by atoms with E-state index in [1.165, 1.54) is 32.1 Å². The Morgan fingerprint density at radius 3 is 2.38 bits per heavy atom. The average Bonchev–Trinajstić information content (AvgIpc) is 3.15. The van der Waals surface area contributed by atoms with Crippen LogP contribution in [0.25, 0.3) is 0 Å². The Labute approximate surface area is 190 Å². The lowest BCUT2D eigenvalue weighted by Crippen LogP contribution is -2.53. The molecule has 1 aromatic rings. The molecule has 0 radical (unpaired) electrons. The molecule has 2 amide bonds. The molecule has 4 fully saturated rings. The lowest BCUT2D eigenvalue weighted by atomic mass is 9.90. The van der Waals surface area contributed by atoms with Gasteiger partial charge in [0.25, 0.3) is 5.91 Å². The van der Waals surface area contributed by atoms with Crippen LogP contribution < -0.4 is 0 Å². The number of nitrogens with one attached hydrogen (secondary N) is 1. The molecule has 1 N–H and O–H groups in total. The van der Waals surface area contributed by atoms with Crippen molar-refractivity contribution in [1.82, 2.24) is 24.9 Å². The first-order valence-corrected chi connectivity index (χ1v) is 13.0. The van der Waals surface area contributed by atoms with Gasteiger partial charge in [-0.1, -0.05) is 19.3 Å². The van der Waals surface area contributed by atoms with Crippen molar-refractivity contribution in [3.05, 3.63) is 17.0 Å². The summed E-state index contributed by atoms with van der Waals surface area (Å²) >= 11 is 0. The van der Waals surface area contributed by atoms with E-state index >= 15 is 0 Å². The molecule has 0 aromatic carbocycles. The summed E-state index contributed by atoms with van der Waals surface area (Å²) in [5.74, 6) is 0.662. The van der Waals surface area contributed by atoms with Gasteiger partial charge in [-0.2, -0.15) is 5.10 Å². The molecule has 6 rings (SSSR count). The number of fused-ring (bicyclic) bond motifs is 1. The van der Waals surface area contributed by atoms with Crippen LogP contribution in [0, 0.1) is 11.3 Å². The number of piperidine rings is 1. The summed E-state index contributed by atoms with van der Waals surface area (Å²) < 4.78 is 0. The van der Waals surface area contributed by atoms with Crippen molar-refractivity contribution in [3.63, 3.8) is 0 Å². The number of rotatable bonds is 3. The number of hydrogen-bond donors (Lipinski definition) is 1. The van der Waals surface area contributed by atoms with Crippen LogP contribution >= 0.6 is 0 Å². The van der Waals surface area contributed by atoms with Crippen LogP contribution in [0.1, 0.15) is 79.5 Å². The highest BCUT2D eigenvalue weighted by Gasteiger charge is 2.59. The van der Waals surface area contributed by atoms with Crippen molar-refractivity contribution >= 4 is 11.8 Å². The van der Waals surface area contributed by atoms with Gasteiger partial charge in [0.05, 0.1) is 0 Å². The van der Waals surface area contributed by atoms with Crippen molar-refractivity contribution in [2.75, 3.05) is 39.3 Å². The molecule has 3 aliphatic carbocycles. The third-order valence-corrected chi connectivity index (χ3v) is 9.26. The zero-order chi connectivity index (χ0) is 21.7. The van der Waals surface area contributed by atoms with Gasteiger partial charge in [-0.15, -0.1) is 0 Å². The average molecular weight is 440 g/mol. The Kier molecular flexibility index (Phi) is 5.27. The molecule has 2 saturated carbocycles. The summed E-state index contributed by atoms with van der Waals surface area (Å²) in [6.07, 6.45) is 12.9. The topological polar surface area (TPSA) is 72.5 Å². The van der Waals surface area contributed by atoms with Gasteiger partial charge in [0.2, 0.25) is 5.91 Å². The number of aryl methyl sites for hydroxylation is 1. The van der Waals surface area contributed by atoms with E-state index < -0.39 is 0 Å². The molecule has 174 valence electrons. The molecule has 7 heteroatoms. The zero-order valence-corrected chi connectivity index (χ0v) is 19.3. The number of amides is 2. The minimum absolute atomic E-state index is 0.0848. The van der Waals surface area contributed by atoms with Crippen LogP contribution in [0.4, 0.5) is 0 Å². The summed E-state index contributed by atoms with van der Waals surface area (Å²) in [5, 5.41) is 7.39. The number of carbonyl (C=O) groups excluding carboxylic acids is 2. The third kappa shape index (κ3) is 3.57. The monoisotopic (exact) mass is 439 g/mol. The van der Waals surface area contributed by atoms with E-state index in [4.69, 9.17) is 0 Å². The van der Waals surface area contributed by atoms with Gasteiger partial charge in [0.1, 0.15) is 0 Å². The molecule has 1 unspecified atom stereocenters. The van der Waals surface area contributed by atoms with Gasteiger partial charge in [-0.05, 0) is 56.8 Å². The van der Waals surface area contributed by atoms with Crippen LogP contribution in [0.15, 0.2) is 0 Å². The minimum atomic E-state index is 0.0848. The van der Waals surface area contributed by atoms with Gasteiger partial charge >= 0.3 is 0 Å². The van der Waals surface area contributed by atoms with Crippen LogP contribution in [0.3, 0.4) is 0 Å². The third-order valence-electron chi connectivity index (χ3n) is 9.26. The number of aromatic nitrogens is 2.